The molecule has 0 aliphatic carbocycles. The maximum absolute atomic E-state index is 11.7. The van der Waals surface area contributed by atoms with Gasteiger partial charge in [0.2, 0.25) is 0 Å². The predicted octanol–water partition coefficient (Wildman–Crippen LogP) is 0.482. The van der Waals surface area contributed by atoms with Crippen molar-refractivity contribution >= 4 is 17.4 Å². The molecule has 7 heteroatoms. The molecule has 0 aromatic heterocycles. The number of hydrogen-bond donors (Lipinski definition) is 5. The molecule has 1 aromatic carbocycles. The zero-order valence-corrected chi connectivity index (χ0v) is 12.5. The zero-order valence-electron chi connectivity index (χ0n) is 12.5. The van der Waals surface area contributed by atoms with Gasteiger partial charge in [0, 0.05) is 37.4 Å². The van der Waals surface area contributed by atoms with Crippen LogP contribution >= 0.6 is 0 Å². The molecule has 0 heterocycles. The number of benzene rings is 1. The minimum Gasteiger partial charge on any atom is -0.385 e. The summed E-state index contributed by atoms with van der Waals surface area (Å²) in [6.07, 6.45) is -1.08. The van der Waals surface area contributed by atoms with Crippen molar-refractivity contribution in [2.45, 2.75) is 12.7 Å². The van der Waals surface area contributed by atoms with Gasteiger partial charge in [0.1, 0.15) is 0 Å². The van der Waals surface area contributed by atoms with Gasteiger partial charge in [-0.2, -0.15) is 0 Å². The van der Waals surface area contributed by atoms with E-state index in [2.05, 4.69) is 16.0 Å². The van der Waals surface area contributed by atoms with E-state index >= 15 is 0 Å². The van der Waals surface area contributed by atoms with Gasteiger partial charge in [-0.1, -0.05) is 6.07 Å². The van der Waals surface area contributed by atoms with Crippen LogP contribution in [0.25, 0.3) is 0 Å². The van der Waals surface area contributed by atoms with Gasteiger partial charge in [-0.3, -0.25) is 0 Å². The zero-order chi connectivity index (χ0) is 15.7. The molecule has 0 spiro atoms. The second kappa shape index (κ2) is 9.17. The van der Waals surface area contributed by atoms with E-state index in [1.807, 2.05) is 31.1 Å². The predicted molar refractivity (Wildman–Crippen MR) is 83.3 cm³/mol. The molecule has 1 rings (SSSR count). The van der Waals surface area contributed by atoms with Crippen molar-refractivity contribution in [2.24, 2.45) is 0 Å². The molecule has 0 unspecified atom stereocenters. The minimum atomic E-state index is -1.32. The van der Waals surface area contributed by atoms with E-state index in [1.165, 1.54) is 0 Å². The SMILES string of the molecule is CN(C)CCNC(=O)Nc1cccc(NCCC(O)O)c1. The number of likely N-dealkylation sites (N-methyl/N-ethyl adjacent to an activating group) is 1. The molecule has 0 radical (unpaired) electrons. The van der Waals surface area contributed by atoms with Gasteiger partial charge >= 0.3 is 6.03 Å². The number of carbonyl (C=O) groups excluding carboxylic acids is 1. The largest absolute Gasteiger partial charge is 0.385 e. The Morgan fingerprint density at radius 1 is 1.24 bits per heavy atom. The molecular formula is C14H24N4O3. The highest BCUT2D eigenvalue weighted by atomic mass is 16.5. The summed E-state index contributed by atoms with van der Waals surface area (Å²) >= 11 is 0. The summed E-state index contributed by atoms with van der Waals surface area (Å²) < 4.78 is 0. The molecule has 5 N–H and O–H groups in total. The van der Waals surface area contributed by atoms with Crippen LogP contribution in [0.15, 0.2) is 24.3 Å². The number of urea groups is 1. The van der Waals surface area contributed by atoms with Crippen LogP contribution < -0.4 is 16.0 Å². The molecule has 0 saturated heterocycles. The fourth-order valence-electron chi connectivity index (χ4n) is 1.62. The summed E-state index contributed by atoms with van der Waals surface area (Å²) in [6, 6.07) is 6.98. The van der Waals surface area contributed by atoms with Gasteiger partial charge in [0.25, 0.3) is 0 Å². The summed E-state index contributed by atoms with van der Waals surface area (Å²) in [5, 5.41) is 26.1. The third-order valence-corrected chi connectivity index (χ3v) is 2.70. The first-order valence-corrected chi connectivity index (χ1v) is 6.87. The van der Waals surface area contributed by atoms with Crippen LogP contribution in [-0.2, 0) is 0 Å². The highest BCUT2D eigenvalue weighted by Crippen LogP contribution is 2.14. The Balaban J connectivity index is 2.39. The van der Waals surface area contributed by atoms with Crippen LogP contribution in [0.4, 0.5) is 16.2 Å². The molecule has 0 bridgehead atoms. The van der Waals surface area contributed by atoms with E-state index in [1.54, 1.807) is 12.1 Å². The number of carbonyl (C=O) groups is 1. The van der Waals surface area contributed by atoms with Crippen LogP contribution in [-0.4, -0.2) is 61.2 Å². The third-order valence-electron chi connectivity index (χ3n) is 2.70. The Hall–Kier alpha value is -1.83. The summed E-state index contributed by atoms with van der Waals surface area (Å²) in [4.78, 5) is 13.7. The lowest BCUT2D eigenvalue weighted by atomic mass is 10.2. The fourth-order valence-corrected chi connectivity index (χ4v) is 1.62. The van der Waals surface area contributed by atoms with Crippen LogP contribution in [0.3, 0.4) is 0 Å². The van der Waals surface area contributed by atoms with Crippen molar-refractivity contribution in [3.8, 4) is 0 Å². The Labute approximate surface area is 125 Å². The lowest BCUT2D eigenvalue weighted by Gasteiger charge is -2.12. The average molecular weight is 296 g/mol. The molecule has 0 fully saturated rings. The van der Waals surface area contributed by atoms with Gasteiger partial charge in [-0.05, 0) is 32.3 Å². The molecule has 0 atom stereocenters. The molecule has 118 valence electrons. The van der Waals surface area contributed by atoms with Gasteiger partial charge in [-0.15, -0.1) is 0 Å². The quantitative estimate of drug-likeness (QED) is 0.450. The Morgan fingerprint density at radius 3 is 2.62 bits per heavy atom. The molecule has 7 nitrogen and oxygen atoms in total. The van der Waals surface area contributed by atoms with Gasteiger partial charge in [0.05, 0.1) is 0 Å². The molecule has 21 heavy (non-hydrogen) atoms. The Bertz CT molecular complexity index is 438. The number of amides is 2. The second-order valence-corrected chi connectivity index (χ2v) is 4.96. The maximum atomic E-state index is 11.7. The number of anilines is 2. The van der Waals surface area contributed by atoms with Crippen molar-refractivity contribution in [3.63, 3.8) is 0 Å². The van der Waals surface area contributed by atoms with E-state index in [-0.39, 0.29) is 12.5 Å². The van der Waals surface area contributed by atoms with Crippen molar-refractivity contribution in [1.29, 1.82) is 0 Å². The van der Waals surface area contributed by atoms with Crippen molar-refractivity contribution in [1.82, 2.24) is 10.2 Å². The van der Waals surface area contributed by atoms with Gasteiger partial charge in [-0.25, -0.2) is 4.79 Å². The summed E-state index contributed by atoms with van der Waals surface area (Å²) in [5.74, 6) is 0. The molecular weight excluding hydrogens is 272 g/mol. The molecule has 1 aromatic rings. The van der Waals surface area contributed by atoms with Gasteiger partial charge in [0.15, 0.2) is 6.29 Å². The number of aliphatic hydroxyl groups excluding tert-OH is 1. The van der Waals surface area contributed by atoms with Crippen LogP contribution in [0.5, 0.6) is 0 Å². The Kier molecular flexibility index (Phi) is 7.52. The summed E-state index contributed by atoms with van der Waals surface area (Å²) in [6.45, 7) is 1.79. The first kappa shape index (κ1) is 17.2. The first-order chi connectivity index (χ1) is 9.97. The van der Waals surface area contributed by atoms with Crippen molar-refractivity contribution in [3.05, 3.63) is 24.3 Å². The highest BCUT2D eigenvalue weighted by Gasteiger charge is 2.03. The van der Waals surface area contributed by atoms with Crippen LogP contribution in [0.2, 0.25) is 0 Å². The first-order valence-electron chi connectivity index (χ1n) is 6.87. The van der Waals surface area contributed by atoms with E-state index in [4.69, 9.17) is 10.2 Å². The normalized spacial score (nSPS) is 10.8. The van der Waals surface area contributed by atoms with E-state index in [0.717, 1.165) is 12.2 Å². The van der Waals surface area contributed by atoms with Crippen molar-refractivity contribution in [2.75, 3.05) is 44.4 Å². The van der Waals surface area contributed by atoms with E-state index in [9.17, 15) is 4.79 Å². The van der Waals surface area contributed by atoms with Crippen LogP contribution in [0, 0.1) is 0 Å². The molecule has 0 aliphatic heterocycles. The number of aliphatic hydroxyl groups is 2. The van der Waals surface area contributed by atoms with E-state index < -0.39 is 6.29 Å². The molecule has 2 amide bonds. The van der Waals surface area contributed by atoms with Gasteiger partial charge < -0.3 is 31.1 Å². The maximum Gasteiger partial charge on any atom is 0.319 e. The number of nitrogens with one attached hydrogen (secondary N) is 3. The Morgan fingerprint density at radius 2 is 1.95 bits per heavy atom. The highest BCUT2D eigenvalue weighted by molar-refractivity contribution is 5.89. The fraction of sp³-hybridized carbons (Fsp3) is 0.500. The minimum absolute atomic E-state index is 0.239. The number of nitrogens with zero attached hydrogens (tertiary/aromatic N) is 1. The molecule has 0 saturated carbocycles. The van der Waals surface area contributed by atoms with E-state index in [0.29, 0.717) is 18.8 Å². The second-order valence-electron chi connectivity index (χ2n) is 4.96. The lowest BCUT2D eigenvalue weighted by Crippen LogP contribution is -2.34. The topological polar surface area (TPSA) is 96.9 Å². The summed E-state index contributed by atoms with van der Waals surface area (Å²) in [5.41, 5.74) is 1.48. The van der Waals surface area contributed by atoms with Crippen molar-refractivity contribution < 1.29 is 15.0 Å². The van der Waals surface area contributed by atoms with Crippen LogP contribution in [0.1, 0.15) is 6.42 Å². The monoisotopic (exact) mass is 296 g/mol. The lowest BCUT2D eigenvalue weighted by molar-refractivity contribution is -0.0423. The smallest absolute Gasteiger partial charge is 0.319 e. The average Bonchev–Trinajstić information content (AvgIpc) is 2.38. The third kappa shape index (κ3) is 8.13. The summed E-state index contributed by atoms with van der Waals surface area (Å²) in [7, 11) is 3.89. The molecule has 0 aliphatic rings. The number of rotatable bonds is 8. The number of hydrogen-bond acceptors (Lipinski definition) is 5. The standard InChI is InChI=1S/C14H24N4O3/c1-18(2)9-8-16-14(21)17-12-5-3-4-11(10-12)15-7-6-13(19)20/h3-5,10,13,15,19-20H,6-9H2,1-2H3,(H2,16,17,21).